The topological polar surface area (TPSA) is 107 Å². The van der Waals surface area contributed by atoms with Gasteiger partial charge in [-0.25, -0.2) is 0 Å². The zero-order chi connectivity index (χ0) is 15.6. The van der Waals surface area contributed by atoms with Crippen LogP contribution < -0.4 is 10.5 Å². The maximum atomic E-state index is 12.3. The van der Waals surface area contributed by atoms with Gasteiger partial charge in [-0.2, -0.15) is 0 Å². The predicted molar refractivity (Wildman–Crippen MR) is 71.8 cm³/mol. The van der Waals surface area contributed by atoms with Crippen LogP contribution in [-0.4, -0.2) is 42.1 Å². The molecular weight excluding hydrogens is 276 g/mol. The lowest BCUT2D eigenvalue weighted by Gasteiger charge is -2.22. The molecule has 2 rings (SSSR count). The molecule has 0 bridgehead atoms. The SMILES string of the molecule is COc1ccc2c(c1)C(=O)N(C(CCC=O)C(N)=O)C2=O. The van der Waals surface area contributed by atoms with Gasteiger partial charge in [-0.05, 0) is 24.6 Å². The zero-order valence-electron chi connectivity index (χ0n) is 11.4. The Hall–Kier alpha value is -2.70. The Morgan fingerprint density at radius 2 is 2.00 bits per heavy atom. The maximum absolute atomic E-state index is 12.3. The minimum atomic E-state index is -1.13. The molecule has 2 N–H and O–H groups in total. The van der Waals surface area contributed by atoms with Gasteiger partial charge < -0.3 is 15.3 Å². The first kappa shape index (κ1) is 14.7. The number of benzene rings is 1. The minimum absolute atomic E-state index is 0.0153. The second-order valence-electron chi connectivity index (χ2n) is 4.55. The fourth-order valence-electron chi connectivity index (χ4n) is 2.27. The number of aldehydes is 1. The van der Waals surface area contributed by atoms with Gasteiger partial charge in [-0.15, -0.1) is 0 Å². The largest absolute Gasteiger partial charge is 0.497 e. The smallest absolute Gasteiger partial charge is 0.262 e. The van der Waals surface area contributed by atoms with Crippen LogP contribution >= 0.6 is 0 Å². The van der Waals surface area contributed by atoms with Gasteiger partial charge in [-0.1, -0.05) is 0 Å². The van der Waals surface area contributed by atoms with Gasteiger partial charge in [0.05, 0.1) is 18.2 Å². The summed E-state index contributed by atoms with van der Waals surface area (Å²) in [6.45, 7) is 0. The predicted octanol–water partition coefficient (Wildman–Crippen LogP) is 0.124. The van der Waals surface area contributed by atoms with Crippen LogP contribution in [0.5, 0.6) is 5.75 Å². The van der Waals surface area contributed by atoms with Crippen LogP contribution in [0.15, 0.2) is 18.2 Å². The van der Waals surface area contributed by atoms with Crippen LogP contribution in [0.2, 0.25) is 0 Å². The van der Waals surface area contributed by atoms with Crippen LogP contribution in [-0.2, 0) is 9.59 Å². The van der Waals surface area contributed by atoms with Gasteiger partial charge in [0.15, 0.2) is 0 Å². The van der Waals surface area contributed by atoms with Crippen molar-refractivity contribution in [3.63, 3.8) is 0 Å². The van der Waals surface area contributed by atoms with Crippen LogP contribution in [0.3, 0.4) is 0 Å². The van der Waals surface area contributed by atoms with Gasteiger partial charge >= 0.3 is 0 Å². The highest BCUT2D eigenvalue weighted by Crippen LogP contribution is 2.29. The molecule has 3 amide bonds. The van der Waals surface area contributed by atoms with E-state index in [4.69, 9.17) is 10.5 Å². The average Bonchev–Trinajstić information content (AvgIpc) is 2.72. The molecule has 7 heteroatoms. The lowest BCUT2D eigenvalue weighted by Crippen LogP contribution is -2.47. The Balaban J connectivity index is 2.39. The number of imide groups is 1. The number of hydrogen-bond donors (Lipinski definition) is 1. The number of rotatable bonds is 6. The van der Waals surface area contributed by atoms with Crippen molar-refractivity contribution < 1.29 is 23.9 Å². The zero-order valence-corrected chi connectivity index (χ0v) is 11.4. The third-order valence-corrected chi connectivity index (χ3v) is 3.32. The summed E-state index contributed by atoms with van der Waals surface area (Å²) in [7, 11) is 1.44. The van der Waals surface area contributed by atoms with Crippen LogP contribution in [0, 0.1) is 0 Å². The van der Waals surface area contributed by atoms with Gasteiger partial charge in [-0.3, -0.25) is 19.3 Å². The van der Waals surface area contributed by atoms with E-state index in [1.165, 1.54) is 19.2 Å². The highest BCUT2D eigenvalue weighted by molar-refractivity contribution is 6.23. The van der Waals surface area contributed by atoms with Gasteiger partial charge in [0, 0.05) is 6.42 Å². The Morgan fingerprint density at radius 1 is 1.33 bits per heavy atom. The van der Waals surface area contributed by atoms with E-state index in [0.717, 1.165) is 4.90 Å². The second-order valence-corrected chi connectivity index (χ2v) is 4.55. The van der Waals surface area contributed by atoms with Crippen molar-refractivity contribution >= 4 is 24.0 Å². The van der Waals surface area contributed by atoms with Crippen LogP contribution in [0.1, 0.15) is 33.6 Å². The molecule has 1 aliphatic heterocycles. The molecule has 0 spiro atoms. The molecule has 21 heavy (non-hydrogen) atoms. The summed E-state index contributed by atoms with van der Waals surface area (Å²) in [4.78, 5) is 47.4. The first-order chi connectivity index (χ1) is 10.0. The van der Waals surface area contributed by atoms with Crippen molar-refractivity contribution in [2.24, 2.45) is 5.73 Å². The van der Waals surface area contributed by atoms with Crippen molar-refractivity contribution in [3.05, 3.63) is 29.3 Å². The van der Waals surface area contributed by atoms with Crippen molar-refractivity contribution in [1.29, 1.82) is 0 Å². The molecule has 1 heterocycles. The fourth-order valence-corrected chi connectivity index (χ4v) is 2.27. The van der Waals surface area contributed by atoms with Crippen LogP contribution in [0.25, 0.3) is 0 Å². The lowest BCUT2D eigenvalue weighted by atomic mass is 10.1. The monoisotopic (exact) mass is 290 g/mol. The minimum Gasteiger partial charge on any atom is -0.497 e. The van der Waals surface area contributed by atoms with E-state index in [1.54, 1.807) is 6.07 Å². The maximum Gasteiger partial charge on any atom is 0.262 e. The Bertz CT molecular complexity index is 626. The van der Waals surface area contributed by atoms with Crippen molar-refractivity contribution in [1.82, 2.24) is 4.90 Å². The van der Waals surface area contributed by atoms with Gasteiger partial charge in [0.1, 0.15) is 18.1 Å². The van der Waals surface area contributed by atoms with Crippen molar-refractivity contribution in [3.8, 4) is 5.75 Å². The number of methoxy groups -OCH3 is 1. The first-order valence-electron chi connectivity index (χ1n) is 6.30. The fraction of sp³-hybridized carbons (Fsp3) is 0.286. The summed E-state index contributed by atoms with van der Waals surface area (Å²) in [5.74, 6) is -1.59. The molecule has 1 atom stereocenters. The second kappa shape index (κ2) is 5.74. The van der Waals surface area contributed by atoms with Crippen molar-refractivity contribution in [2.45, 2.75) is 18.9 Å². The summed E-state index contributed by atoms with van der Waals surface area (Å²) in [5.41, 5.74) is 5.60. The third-order valence-electron chi connectivity index (χ3n) is 3.32. The summed E-state index contributed by atoms with van der Waals surface area (Å²) in [6, 6.07) is 3.33. The summed E-state index contributed by atoms with van der Waals surface area (Å²) < 4.78 is 5.01. The highest BCUT2D eigenvalue weighted by Gasteiger charge is 2.42. The number of primary amides is 1. The van der Waals surface area contributed by atoms with Crippen LogP contribution in [0.4, 0.5) is 0 Å². The molecule has 7 nitrogen and oxygen atoms in total. The Labute approximate surface area is 120 Å². The van der Waals surface area contributed by atoms with E-state index in [-0.39, 0.29) is 24.0 Å². The molecule has 0 fully saturated rings. The number of ether oxygens (including phenoxy) is 1. The number of carbonyl (C=O) groups is 4. The van der Waals surface area contributed by atoms with Crippen molar-refractivity contribution in [2.75, 3.05) is 7.11 Å². The average molecular weight is 290 g/mol. The molecular formula is C14H14N2O5. The Kier molecular flexibility index (Phi) is 4.02. The molecule has 0 aromatic heterocycles. The number of fused-ring (bicyclic) bond motifs is 1. The highest BCUT2D eigenvalue weighted by atomic mass is 16.5. The molecule has 0 aliphatic carbocycles. The molecule has 0 radical (unpaired) electrons. The number of carbonyl (C=O) groups excluding carboxylic acids is 4. The molecule has 1 aromatic rings. The number of amides is 3. The molecule has 0 saturated heterocycles. The molecule has 1 aromatic carbocycles. The van der Waals surface area contributed by atoms with E-state index < -0.39 is 23.8 Å². The van der Waals surface area contributed by atoms with E-state index >= 15 is 0 Å². The molecule has 1 unspecified atom stereocenters. The van der Waals surface area contributed by atoms with E-state index in [1.807, 2.05) is 0 Å². The van der Waals surface area contributed by atoms with E-state index in [9.17, 15) is 19.2 Å². The summed E-state index contributed by atoms with van der Waals surface area (Å²) in [6.07, 6.45) is 0.656. The first-order valence-corrected chi connectivity index (χ1v) is 6.30. The number of nitrogens with two attached hydrogens (primary N) is 1. The molecule has 0 saturated carbocycles. The van der Waals surface area contributed by atoms with Gasteiger partial charge in [0.2, 0.25) is 5.91 Å². The summed E-state index contributed by atoms with van der Waals surface area (Å²) >= 11 is 0. The number of nitrogens with zero attached hydrogens (tertiary/aromatic N) is 1. The third kappa shape index (κ3) is 2.49. The Morgan fingerprint density at radius 3 is 2.57 bits per heavy atom. The number of hydrogen-bond acceptors (Lipinski definition) is 5. The normalized spacial score (nSPS) is 14.8. The molecule has 110 valence electrons. The summed E-state index contributed by atoms with van der Waals surface area (Å²) in [5, 5.41) is 0. The lowest BCUT2D eigenvalue weighted by molar-refractivity contribution is -0.122. The van der Waals surface area contributed by atoms with E-state index in [2.05, 4.69) is 0 Å². The standard InChI is InChI=1S/C14H14N2O5/c1-21-8-4-5-9-10(7-8)14(20)16(13(9)19)11(12(15)18)3-2-6-17/h4-7,11H,2-3H2,1H3,(H2,15,18). The van der Waals surface area contributed by atoms with E-state index in [0.29, 0.717) is 12.0 Å². The van der Waals surface area contributed by atoms with Gasteiger partial charge in [0.25, 0.3) is 11.8 Å². The molecule has 1 aliphatic rings. The quantitative estimate of drug-likeness (QED) is 0.591.